The van der Waals surface area contributed by atoms with E-state index in [1.165, 1.54) is 29.4 Å². The highest BCUT2D eigenvalue weighted by molar-refractivity contribution is 7.10. The molecule has 1 aliphatic heterocycles. The van der Waals surface area contributed by atoms with Crippen LogP contribution in [0, 0.1) is 6.92 Å². The van der Waals surface area contributed by atoms with Crippen LogP contribution in [0.2, 0.25) is 5.02 Å². The fourth-order valence-corrected chi connectivity index (χ4v) is 4.52. The first-order valence-electron chi connectivity index (χ1n) is 8.57. The van der Waals surface area contributed by atoms with E-state index in [0.717, 1.165) is 10.4 Å². The molecular weight excluding hydrogens is 386 g/mol. The van der Waals surface area contributed by atoms with E-state index >= 15 is 0 Å². The number of benzene rings is 1. The zero-order valence-corrected chi connectivity index (χ0v) is 16.9. The van der Waals surface area contributed by atoms with Crippen LogP contribution in [0.5, 0.6) is 5.75 Å². The number of aryl methyl sites for hydroxylation is 1. The van der Waals surface area contributed by atoms with Crippen LogP contribution in [0.1, 0.15) is 35.4 Å². The number of carbonyl (C=O) groups is 2. The number of nitrogens with zero attached hydrogens (tertiary/aromatic N) is 1. The van der Waals surface area contributed by atoms with Gasteiger partial charge in [0, 0.05) is 16.4 Å². The van der Waals surface area contributed by atoms with Crippen LogP contribution in [-0.2, 0) is 9.59 Å². The molecule has 0 aliphatic carbocycles. The molecule has 1 saturated heterocycles. The normalized spacial score (nSPS) is 19.0. The lowest BCUT2D eigenvalue weighted by atomic mass is 9.98. The van der Waals surface area contributed by atoms with Gasteiger partial charge >= 0.3 is 0 Å². The molecule has 7 heteroatoms. The maximum atomic E-state index is 12.8. The Morgan fingerprint density at radius 3 is 2.67 bits per heavy atom. The summed E-state index contributed by atoms with van der Waals surface area (Å²) in [5, 5.41) is 13.3. The summed E-state index contributed by atoms with van der Waals surface area (Å²) in [5.74, 6) is -1.19. The first-order valence-corrected chi connectivity index (χ1v) is 9.82. The summed E-state index contributed by atoms with van der Waals surface area (Å²) < 4.78 is 5.31. The van der Waals surface area contributed by atoms with Crippen molar-refractivity contribution < 1.29 is 19.4 Å². The van der Waals surface area contributed by atoms with Crippen LogP contribution in [0.3, 0.4) is 0 Å². The molecule has 1 aromatic heterocycles. The summed E-state index contributed by atoms with van der Waals surface area (Å²) in [7, 11) is 1.47. The van der Waals surface area contributed by atoms with E-state index in [4.69, 9.17) is 16.3 Å². The fourth-order valence-electron chi connectivity index (χ4n) is 3.30. The van der Waals surface area contributed by atoms with E-state index in [1.54, 1.807) is 12.1 Å². The van der Waals surface area contributed by atoms with Gasteiger partial charge in [-0.25, -0.2) is 0 Å². The van der Waals surface area contributed by atoms with Gasteiger partial charge in [-0.1, -0.05) is 18.5 Å². The van der Waals surface area contributed by atoms with Crippen molar-refractivity contribution in [2.75, 3.05) is 13.7 Å². The number of ketones is 1. The van der Waals surface area contributed by atoms with E-state index in [1.807, 2.05) is 25.3 Å². The van der Waals surface area contributed by atoms with Gasteiger partial charge in [-0.15, -0.1) is 11.3 Å². The highest BCUT2D eigenvalue weighted by Crippen LogP contribution is 2.43. The average molecular weight is 406 g/mol. The summed E-state index contributed by atoms with van der Waals surface area (Å²) in [6.45, 7) is 4.30. The number of halogens is 1. The number of hydrogen-bond acceptors (Lipinski definition) is 5. The zero-order valence-electron chi connectivity index (χ0n) is 15.3. The van der Waals surface area contributed by atoms with Crippen LogP contribution in [0.4, 0.5) is 0 Å². The number of rotatable bonds is 5. The molecule has 2 heterocycles. The molecule has 1 aliphatic rings. The Balaban J connectivity index is 2.26. The lowest BCUT2D eigenvalue weighted by molar-refractivity contribution is -0.139. The number of Topliss-reactive ketones (excluding diaryl/α,β-unsaturated/α-hetero) is 1. The highest BCUT2D eigenvalue weighted by Gasteiger charge is 2.46. The minimum Gasteiger partial charge on any atom is -0.507 e. The second-order valence-electron chi connectivity index (χ2n) is 6.30. The fraction of sp³-hybridized carbons (Fsp3) is 0.300. The van der Waals surface area contributed by atoms with E-state index in [9.17, 15) is 14.7 Å². The Kier molecular flexibility index (Phi) is 5.58. The molecule has 1 N–H and O–H groups in total. The van der Waals surface area contributed by atoms with Crippen molar-refractivity contribution in [1.82, 2.24) is 4.90 Å². The monoisotopic (exact) mass is 405 g/mol. The Morgan fingerprint density at radius 2 is 2.07 bits per heavy atom. The molecule has 1 amide bonds. The van der Waals surface area contributed by atoms with E-state index in [2.05, 4.69) is 0 Å². The topological polar surface area (TPSA) is 66.8 Å². The SMILES string of the molecule is CCCN1C(=O)C(=O)/C(=C(/O)c2cc(Cl)ccc2OC)C1c1sccc1C. The van der Waals surface area contributed by atoms with Crippen molar-refractivity contribution >= 4 is 40.4 Å². The van der Waals surface area contributed by atoms with Gasteiger partial charge in [0.15, 0.2) is 0 Å². The Hall–Kier alpha value is -2.31. The quantitative estimate of drug-likeness (QED) is 0.450. The molecule has 0 spiro atoms. The van der Waals surface area contributed by atoms with Crippen molar-refractivity contribution in [3.05, 3.63) is 56.2 Å². The minimum absolute atomic E-state index is 0.0690. The Labute approximate surface area is 166 Å². The molecular formula is C20H20ClNO4S. The first-order chi connectivity index (χ1) is 12.9. The largest absolute Gasteiger partial charge is 0.507 e. The molecule has 5 nitrogen and oxygen atoms in total. The second-order valence-corrected chi connectivity index (χ2v) is 7.69. The standard InChI is InChI=1S/C20H20ClNO4S/c1-4-8-22-16(19-11(2)7-9-27-19)15(18(24)20(22)25)17(23)13-10-12(21)5-6-14(13)26-3/h5-7,9-10,16,23H,4,8H2,1-3H3/b17-15+. The predicted molar refractivity (Wildman–Crippen MR) is 106 cm³/mol. The van der Waals surface area contributed by atoms with Gasteiger partial charge < -0.3 is 14.7 Å². The van der Waals surface area contributed by atoms with Gasteiger partial charge in [0.25, 0.3) is 11.7 Å². The summed E-state index contributed by atoms with van der Waals surface area (Å²) >= 11 is 7.54. The van der Waals surface area contributed by atoms with Gasteiger partial charge in [-0.05, 0) is 48.6 Å². The third-order valence-corrected chi connectivity index (χ3v) is 5.88. The predicted octanol–water partition coefficient (Wildman–Crippen LogP) is 4.55. The highest BCUT2D eigenvalue weighted by atomic mass is 35.5. The zero-order chi connectivity index (χ0) is 19.7. The number of aliphatic hydroxyl groups excluding tert-OH is 1. The minimum atomic E-state index is -0.694. The van der Waals surface area contributed by atoms with Gasteiger partial charge in [0.2, 0.25) is 0 Å². The molecule has 142 valence electrons. The lowest BCUT2D eigenvalue weighted by Gasteiger charge is -2.24. The number of thiophene rings is 1. The summed E-state index contributed by atoms with van der Waals surface area (Å²) in [6.07, 6.45) is 0.703. The molecule has 0 saturated carbocycles. The number of carbonyl (C=O) groups excluding carboxylic acids is 2. The molecule has 1 aromatic carbocycles. The van der Waals surface area contributed by atoms with Crippen molar-refractivity contribution in [3.63, 3.8) is 0 Å². The van der Waals surface area contributed by atoms with Crippen LogP contribution in [-0.4, -0.2) is 35.4 Å². The van der Waals surface area contributed by atoms with Gasteiger partial charge in [0.05, 0.1) is 24.3 Å². The van der Waals surface area contributed by atoms with Crippen molar-refractivity contribution in [2.45, 2.75) is 26.3 Å². The van der Waals surface area contributed by atoms with Gasteiger partial charge in [-0.3, -0.25) is 9.59 Å². The van der Waals surface area contributed by atoms with Crippen LogP contribution >= 0.6 is 22.9 Å². The number of methoxy groups -OCH3 is 1. The molecule has 1 unspecified atom stereocenters. The number of aliphatic hydroxyl groups is 1. The number of likely N-dealkylation sites (tertiary alicyclic amines) is 1. The summed E-state index contributed by atoms with van der Waals surface area (Å²) in [6, 6.07) is 6.10. The first kappa shape index (κ1) is 19.5. The van der Waals surface area contributed by atoms with Crippen LogP contribution in [0.25, 0.3) is 5.76 Å². The van der Waals surface area contributed by atoms with E-state index in [0.29, 0.717) is 29.3 Å². The average Bonchev–Trinajstić information content (AvgIpc) is 3.17. The third-order valence-electron chi connectivity index (χ3n) is 4.57. The van der Waals surface area contributed by atoms with Crippen LogP contribution < -0.4 is 4.74 Å². The lowest BCUT2D eigenvalue weighted by Crippen LogP contribution is -2.30. The van der Waals surface area contributed by atoms with Crippen LogP contribution in [0.15, 0.2) is 35.2 Å². The van der Waals surface area contributed by atoms with Crippen molar-refractivity contribution in [2.24, 2.45) is 0 Å². The summed E-state index contributed by atoms with van der Waals surface area (Å²) in [4.78, 5) is 27.9. The summed E-state index contributed by atoms with van der Waals surface area (Å²) in [5.41, 5.74) is 1.33. The Bertz CT molecular complexity index is 934. The number of hydrogen-bond donors (Lipinski definition) is 1. The van der Waals surface area contributed by atoms with Crippen molar-refractivity contribution in [1.29, 1.82) is 0 Å². The van der Waals surface area contributed by atoms with Crippen molar-refractivity contribution in [3.8, 4) is 5.75 Å². The molecule has 1 atom stereocenters. The van der Waals surface area contributed by atoms with E-state index in [-0.39, 0.29) is 11.3 Å². The van der Waals surface area contributed by atoms with Gasteiger partial charge in [-0.2, -0.15) is 0 Å². The molecule has 0 bridgehead atoms. The number of amides is 1. The second kappa shape index (κ2) is 7.74. The molecule has 3 rings (SSSR count). The van der Waals surface area contributed by atoms with Gasteiger partial charge in [0.1, 0.15) is 11.5 Å². The molecule has 0 radical (unpaired) electrons. The molecule has 27 heavy (non-hydrogen) atoms. The molecule has 2 aromatic rings. The van der Waals surface area contributed by atoms with E-state index < -0.39 is 17.7 Å². The Morgan fingerprint density at radius 1 is 1.33 bits per heavy atom. The number of ether oxygens (including phenoxy) is 1. The molecule has 1 fully saturated rings. The maximum absolute atomic E-state index is 12.8. The maximum Gasteiger partial charge on any atom is 0.295 e. The smallest absolute Gasteiger partial charge is 0.295 e. The third kappa shape index (κ3) is 3.35.